The molecule has 0 bridgehead atoms. The van der Waals surface area contributed by atoms with Crippen LogP contribution in [0.2, 0.25) is 5.02 Å². The molecule has 2 aromatic carbocycles. The molecule has 0 N–H and O–H groups in total. The van der Waals surface area contributed by atoms with E-state index in [-0.39, 0.29) is 5.75 Å². The molecule has 0 heterocycles. The smallest absolute Gasteiger partial charge is 0.165 e. The largest absolute Gasteiger partial charge is 0.454 e. The van der Waals surface area contributed by atoms with Gasteiger partial charge in [-0.3, -0.25) is 4.79 Å². The molecular formula is C13H8ClFO2. The summed E-state index contributed by atoms with van der Waals surface area (Å²) in [6.45, 7) is 0. The van der Waals surface area contributed by atoms with Crippen molar-refractivity contribution in [2.24, 2.45) is 0 Å². The van der Waals surface area contributed by atoms with E-state index in [2.05, 4.69) is 0 Å². The third-order valence-electron chi connectivity index (χ3n) is 2.13. The van der Waals surface area contributed by atoms with Crippen molar-refractivity contribution in [3.05, 3.63) is 58.9 Å². The summed E-state index contributed by atoms with van der Waals surface area (Å²) in [6, 6.07) is 10.4. The van der Waals surface area contributed by atoms with E-state index in [4.69, 9.17) is 16.3 Å². The molecule has 0 amide bonds. The number of hydrogen-bond donors (Lipinski definition) is 0. The third-order valence-corrected chi connectivity index (χ3v) is 2.38. The number of aldehydes is 1. The van der Waals surface area contributed by atoms with Crippen molar-refractivity contribution in [2.75, 3.05) is 0 Å². The number of ether oxygens (including phenoxy) is 1. The minimum atomic E-state index is -0.523. The SMILES string of the molecule is O=Cc1ccc(F)c(Oc2ccc(Cl)cc2)c1. The molecule has 0 fully saturated rings. The zero-order valence-corrected chi connectivity index (χ0v) is 9.45. The minimum Gasteiger partial charge on any atom is -0.454 e. The highest BCUT2D eigenvalue weighted by Crippen LogP contribution is 2.26. The molecule has 0 spiro atoms. The minimum absolute atomic E-state index is 0.0110. The fourth-order valence-corrected chi connectivity index (χ4v) is 1.43. The van der Waals surface area contributed by atoms with Crippen LogP contribution in [0.5, 0.6) is 11.5 Å². The molecule has 0 atom stereocenters. The average Bonchev–Trinajstić information content (AvgIpc) is 2.35. The highest BCUT2D eigenvalue weighted by molar-refractivity contribution is 6.30. The third kappa shape index (κ3) is 2.82. The van der Waals surface area contributed by atoms with Crippen molar-refractivity contribution in [1.82, 2.24) is 0 Å². The molecule has 2 nitrogen and oxygen atoms in total. The molecule has 0 aromatic heterocycles. The maximum absolute atomic E-state index is 13.4. The Kier molecular flexibility index (Phi) is 3.40. The number of carbonyl (C=O) groups excluding carboxylic acids is 1. The van der Waals surface area contributed by atoms with Crippen molar-refractivity contribution in [3.63, 3.8) is 0 Å². The van der Waals surface area contributed by atoms with Crippen LogP contribution in [0.15, 0.2) is 42.5 Å². The lowest BCUT2D eigenvalue weighted by Crippen LogP contribution is -1.90. The fraction of sp³-hybridized carbons (Fsp3) is 0. The van der Waals surface area contributed by atoms with Crippen LogP contribution in [0, 0.1) is 5.82 Å². The average molecular weight is 251 g/mol. The Labute approximate surface area is 103 Å². The van der Waals surface area contributed by atoms with Crippen LogP contribution in [0.1, 0.15) is 10.4 Å². The maximum atomic E-state index is 13.4. The van der Waals surface area contributed by atoms with Crippen LogP contribution in [0.25, 0.3) is 0 Å². The van der Waals surface area contributed by atoms with Crippen molar-refractivity contribution in [1.29, 1.82) is 0 Å². The van der Waals surface area contributed by atoms with Crippen LogP contribution in [-0.2, 0) is 0 Å². The second-order valence-corrected chi connectivity index (χ2v) is 3.80. The van der Waals surface area contributed by atoms with Gasteiger partial charge < -0.3 is 4.74 Å². The van der Waals surface area contributed by atoms with Crippen LogP contribution in [-0.4, -0.2) is 6.29 Å². The summed E-state index contributed by atoms with van der Waals surface area (Å²) in [5.41, 5.74) is 0.357. The molecule has 0 aliphatic carbocycles. The second kappa shape index (κ2) is 4.97. The maximum Gasteiger partial charge on any atom is 0.165 e. The monoisotopic (exact) mass is 250 g/mol. The molecular weight excluding hydrogens is 243 g/mol. The van der Waals surface area contributed by atoms with E-state index in [1.54, 1.807) is 24.3 Å². The summed E-state index contributed by atoms with van der Waals surface area (Å²) in [6.07, 6.45) is 0.633. The van der Waals surface area contributed by atoms with Crippen LogP contribution in [0.4, 0.5) is 4.39 Å². The van der Waals surface area contributed by atoms with Crippen molar-refractivity contribution in [2.45, 2.75) is 0 Å². The summed E-state index contributed by atoms with van der Waals surface area (Å²) in [4.78, 5) is 10.6. The van der Waals surface area contributed by atoms with Gasteiger partial charge in [-0.25, -0.2) is 4.39 Å². The van der Waals surface area contributed by atoms with E-state index in [1.165, 1.54) is 18.2 Å². The molecule has 17 heavy (non-hydrogen) atoms. The van der Waals surface area contributed by atoms with Crippen molar-refractivity contribution < 1.29 is 13.9 Å². The fourth-order valence-electron chi connectivity index (χ4n) is 1.30. The Bertz CT molecular complexity index is 538. The van der Waals surface area contributed by atoms with Gasteiger partial charge in [0.15, 0.2) is 11.6 Å². The van der Waals surface area contributed by atoms with Gasteiger partial charge in [0.2, 0.25) is 0 Å². The van der Waals surface area contributed by atoms with E-state index < -0.39 is 5.82 Å². The Hall–Kier alpha value is -1.87. The molecule has 86 valence electrons. The van der Waals surface area contributed by atoms with Crippen molar-refractivity contribution >= 4 is 17.9 Å². The highest BCUT2D eigenvalue weighted by Gasteiger charge is 2.06. The number of carbonyl (C=O) groups is 1. The van der Waals surface area contributed by atoms with E-state index in [0.717, 1.165) is 0 Å². The van der Waals surface area contributed by atoms with Crippen LogP contribution < -0.4 is 4.74 Å². The van der Waals surface area contributed by atoms with E-state index >= 15 is 0 Å². The summed E-state index contributed by atoms with van der Waals surface area (Å²) < 4.78 is 18.7. The molecule has 4 heteroatoms. The second-order valence-electron chi connectivity index (χ2n) is 3.36. The summed E-state index contributed by atoms with van der Waals surface area (Å²) in [7, 11) is 0. The van der Waals surface area contributed by atoms with Gasteiger partial charge in [-0.1, -0.05) is 11.6 Å². The lowest BCUT2D eigenvalue weighted by molar-refractivity contribution is 0.112. The summed E-state index contributed by atoms with van der Waals surface area (Å²) in [5.74, 6) is -0.0566. The molecule has 2 aromatic rings. The van der Waals surface area contributed by atoms with Gasteiger partial charge in [0.25, 0.3) is 0 Å². The highest BCUT2D eigenvalue weighted by atomic mass is 35.5. The molecule has 0 saturated heterocycles. The van der Waals surface area contributed by atoms with Gasteiger partial charge in [-0.15, -0.1) is 0 Å². The predicted octanol–water partition coefficient (Wildman–Crippen LogP) is 4.08. The first kappa shape index (κ1) is 11.6. The predicted molar refractivity (Wildman–Crippen MR) is 63.3 cm³/mol. The van der Waals surface area contributed by atoms with Gasteiger partial charge in [0.1, 0.15) is 12.0 Å². The zero-order valence-electron chi connectivity index (χ0n) is 8.69. The van der Waals surface area contributed by atoms with Gasteiger partial charge in [0.05, 0.1) is 0 Å². The first-order valence-corrected chi connectivity index (χ1v) is 5.25. The lowest BCUT2D eigenvalue weighted by atomic mass is 10.2. The van der Waals surface area contributed by atoms with E-state index in [9.17, 15) is 9.18 Å². The lowest BCUT2D eigenvalue weighted by Gasteiger charge is -2.07. The standard InChI is InChI=1S/C13H8ClFO2/c14-10-2-4-11(5-3-10)17-13-7-9(8-16)1-6-12(13)15/h1-8H. The number of rotatable bonds is 3. The van der Waals surface area contributed by atoms with Crippen LogP contribution >= 0.6 is 11.6 Å². The summed E-state index contributed by atoms with van der Waals surface area (Å²) in [5, 5.41) is 0.569. The quantitative estimate of drug-likeness (QED) is 0.767. The van der Waals surface area contributed by atoms with Crippen molar-refractivity contribution in [3.8, 4) is 11.5 Å². The topological polar surface area (TPSA) is 26.3 Å². The number of hydrogen-bond acceptors (Lipinski definition) is 2. The van der Waals surface area contributed by atoms with E-state index in [1.807, 2.05) is 0 Å². The molecule has 0 aliphatic heterocycles. The Morgan fingerprint density at radius 2 is 1.82 bits per heavy atom. The van der Waals surface area contributed by atoms with Gasteiger partial charge in [-0.05, 0) is 42.5 Å². The Morgan fingerprint density at radius 1 is 1.12 bits per heavy atom. The number of halogens is 2. The van der Waals surface area contributed by atoms with Gasteiger partial charge >= 0.3 is 0 Å². The first-order valence-electron chi connectivity index (χ1n) is 4.87. The molecule has 0 unspecified atom stereocenters. The Balaban J connectivity index is 2.28. The van der Waals surface area contributed by atoms with Gasteiger partial charge in [-0.2, -0.15) is 0 Å². The Morgan fingerprint density at radius 3 is 2.47 bits per heavy atom. The first-order chi connectivity index (χ1) is 8.19. The summed E-state index contributed by atoms with van der Waals surface area (Å²) >= 11 is 5.72. The molecule has 0 saturated carbocycles. The normalized spacial score (nSPS) is 10.0. The molecule has 0 aliphatic rings. The van der Waals surface area contributed by atoms with Crippen LogP contribution in [0.3, 0.4) is 0 Å². The zero-order chi connectivity index (χ0) is 12.3. The van der Waals surface area contributed by atoms with E-state index in [0.29, 0.717) is 22.6 Å². The van der Waals surface area contributed by atoms with Gasteiger partial charge in [0, 0.05) is 10.6 Å². The molecule has 2 rings (SSSR count). The molecule has 0 radical (unpaired) electrons. The number of benzene rings is 2.